The summed E-state index contributed by atoms with van der Waals surface area (Å²) >= 11 is 0. The molecule has 0 bridgehead atoms. The average Bonchev–Trinajstić information content (AvgIpc) is 3.20. The summed E-state index contributed by atoms with van der Waals surface area (Å²) in [5.41, 5.74) is 0.741. The second kappa shape index (κ2) is 9.16. The van der Waals surface area contributed by atoms with Gasteiger partial charge in [0.15, 0.2) is 6.04 Å². The predicted octanol–water partition coefficient (Wildman–Crippen LogP) is 3.26. The van der Waals surface area contributed by atoms with Crippen LogP contribution in [0.4, 0.5) is 13.2 Å². The summed E-state index contributed by atoms with van der Waals surface area (Å²) in [4.78, 5) is 28.3. The number of rotatable bonds is 6. The van der Waals surface area contributed by atoms with Crippen LogP contribution in [-0.4, -0.2) is 58.2 Å². The number of carboxylic acid groups (broad SMARTS) is 1. The van der Waals surface area contributed by atoms with Gasteiger partial charge in [-0.15, -0.1) is 5.01 Å². The summed E-state index contributed by atoms with van der Waals surface area (Å²) in [6.45, 7) is 4.61. The zero-order valence-electron chi connectivity index (χ0n) is 18.0. The molecule has 0 saturated carbocycles. The number of esters is 1. The Hall–Kier alpha value is -3.51. The van der Waals surface area contributed by atoms with Crippen molar-refractivity contribution in [3.05, 3.63) is 39.6 Å². The lowest BCUT2D eigenvalue weighted by molar-refractivity contribution is -0.714. The number of hydrogen-bond donors (Lipinski definition) is 1. The molecule has 1 N–H and O–H groups in total. The third-order valence-electron chi connectivity index (χ3n) is 5.08. The Morgan fingerprint density at radius 1 is 1.36 bits per heavy atom. The highest BCUT2D eigenvalue weighted by atomic mass is 19.4. The number of fused-ring (bicyclic) bond motifs is 1. The number of carboxylic acids is 1. The average molecular weight is 473 g/mol. The quantitative estimate of drug-likeness (QED) is 0.220. The number of aliphatic carboxylic acids is 1. The summed E-state index contributed by atoms with van der Waals surface area (Å²) in [7, 11) is 0. The Kier molecular flexibility index (Phi) is 6.70. The van der Waals surface area contributed by atoms with Gasteiger partial charge in [0.05, 0.1) is 17.1 Å². The fraction of sp³-hybridized carbons (Fsp3) is 0.500. The number of nitrogens with zero attached hydrogens (tertiary/aromatic N) is 3. The number of halogens is 3. The van der Waals surface area contributed by atoms with Gasteiger partial charge < -0.3 is 19.8 Å². The molecule has 0 aliphatic carbocycles. The first kappa shape index (κ1) is 24.1. The smallest absolute Gasteiger partial charge is 0.430 e. The van der Waals surface area contributed by atoms with Gasteiger partial charge in [0.1, 0.15) is 5.75 Å². The molecule has 0 amide bonds. The van der Waals surface area contributed by atoms with E-state index < -0.39 is 42.1 Å². The van der Waals surface area contributed by atoms with Gasteiger partial charge in [-0.2, -0.15) is 13.2 Å². The molecule has 180 valence electrons. The van der Waals surface area contributed by atoms with Crippen molar-refractivity contribution in [3.8, 4) is 5.75 Å². The number of aryl methyl sites for hydroxylation is 2. The molecule has 1 fully saturated rings. The molecule has 1 saturated heterocycles. The fourth-order valence-electron chi connectivity index (χ4n) is 3.69. The first-order valence-electron chi connectivity index (χ1n) is 9.99. The van der Waals surface area contributed by atoms with E-state index in [1.165, 1.54) is 0 Å². The van der Waals surface area contributed by atoms with Crippen LogP contribution in [0, 0.1) is 19.1 Å². The zero-order valence-corrected chi connectivity index (χ0v) is 18.0. The van der Waals surface area contributed by atoms with Crippen molar-refractivity contribution in [1.29, 1.82) is 0 Å². The Labute approximate surface area is 186 Å². The number of ether oxygens (including phenoxy) is 2. The largest absolute Gasteiger partial charge is 0.569 e. The van der Waals surface area contributed by atoms with Crippen molar-refractivity contribution in [1.82, 2.24) is 5.01 Å². The lowest BCUT2D eigenvalue weighted by atomic mass is 9.97. The number of benzene rings is 1. The van der Waals surface area contributed by atoms with Crippen molar-refractivity contribution in [2.24, 2.45) is 5.28 Å². The van der Waals surface area contributed by atoms with Crippen LogP contribution in [0.25, 0.3) is 6.08 Å². The SMILES string of the molecule is Cc1cc(C)c2c(c1)C=C(C(=O)OC(C)O/N=[N+](\[O-])N1CCC[C@H]1C(=O)O)[C@@H](C(F)(F)F)O2. The predicted molar refractivity (Wildman–Crippen MR) is 104 cm³/mol. The van der Waals surface area contributed by atoms with Crippen LogP contribution in [-0.2, 0) is 19.2 Å². The van der Waals surface area contributed by atoms with Crippen LogP contribution in [0.5, 0.6) is 5.75 Å². The van der Waals surface area contributed by atoms with Gasteiger partial charge in [-0.3, -0.25) is 4.84 Å². The molecule has 0 spiro atoms. The van der Waals surface area contributed by atoms with Gasteiger partial charge in [0.2, 0.25) is 11.4 Å². The zero-order chi connectivity index (χ0) is 24.5. The first-order chi connectivity index (χ1) is 15.4. The molecule has 1 aromatic rings. The molecule has 0 aromatic heterocycles. The Bertz CT molecular complexity index is 1010. The van der Waals surface area contributed by atoms with E-state index in [0.29, 0.717) is 12.0 Å². The molecule has 1 unspecified atom stereocenters. The molecule has 0 radical (unpaired) electrons. The molecular weight excluding hydrogens is 451 g/mol. The highest BCUT2D eigenvalue weighted by molar-refractivity contribution is 5.96. The van der Waals surface area contributed by atoms with E-state index in [9.17, 15) is 28.0 Å². The van der Waals surface area contributed by atoms with Gasteiger partial charge in [0.25, 0.3) is 6.29 Å². The highest BCUT2D eigenvalue weighted by Crippen LogP contribution is 2.39. The molecule has 2 heterocycles. The molecule has 13 heteroatoms. The summed E-state index contributed by atoms with van der Waals surface area (Å²) in [6.07, 6.45) is -7.27. The third-order valence-corrected chi connectivity index (χ3v) is 5.08. The summed E-state index contributed by atoms with van der Waals surface area (Å²) in [5.74, 6) is -2.57. The van der Waals surface area contributed by atoms with Crippen LogP contribution >= 0.6 is 0 Å². The topological polar surface area (TPSA) is 124 Å². The third kappa shape index (κ3) is 5.29. The minimum atomic E-state index is -4.90. The Morgan fingerprint density at radius 3 is 2.70 bits per heavy atom. The van der Waals surface area contributed by atoms with Gasteiger partial charge in [0, 0.05) is 12.5 Å². The van der Waals surface area contributed by atoms with Gasteiger partial charge >= 0.3 is 18.1 Å². The highest BCUT2D eigenvalue weighted by Gasteiger charge is 2.49. The van der Waals surface area contributed by atoms with Crippen molar-refractivity contribution in [3.63, 3.8) is 0 Å². The number of hydrogen-bond acceptors (Lipinski definition) is 7. The molecule has 10 nitrogen and oxygen atoms in total. The van der Waals surface area contributed by atoms with E-state index in [2.05, 4.69) is 5.28 Å². The van der Waals surface area contributed by atoms with Crippen LogP contribution in [0.1, 0.15) is 36.5 Å². The first-order valence-corrected chi connectivity index (χ1v) is 9.99. The maximum Gasteiger partial charge on any atom is 0.430 e. The lowest BCUT2D eigenvalue weighted by Gasteiger charge is -2.29. The minimum absolute atomic E-state index is 0.0133. The van der Waals surface area contributed by atoms with Crippen molar-refractivity contribution >= 4 is 18.0 Å². The van der Waals surface area contributed by atoms with Crippen molar-refractivity contribution in [2.45, 2.75) is 58.2 Å². The second-order valence-corrected chi connectivity index (χ2v) is 7.71. The van der Waals surface area contributed by atoms with E-state index in [-0.39, 0.29) is 29.2 Å². The molecule has 2 aliphatic rings. The standard InChI is InChI=1S/C20H22F3N3O7/c1-10-7-11(2)16-13(8-10)9-14(17(32-16)20(21,22)23)19(29)31-12(3)33-24-26(30)25-6-4-5-15(25)18(27)28/h7-9,12,15,17H,4-6H2,1-3H3,(H,27,28)/b26-24-/t12?,15-,17-/m0/s1. The molecule has 3 rings (SSSR count). The molecule has 3 atom stereocenters. The summed E-state index contributed by atoms with van der Waals surface area (Å²) in [5, 5.41) is 25.2. The van der Waals surface area contributed by atoms with Crippen LogP contribution in [0.2, 0.25) is 0 Å². The summed E-state index contributed by atoms with van der Waals surface area (Å²) in [6, 6.07) is 2.14. The number of carbonyl (C=O) groups excluding carboxylic acids is 1. The normalized spacial score (nSPS) is 21.6. The maximum atomic E-state index is 13.6. The lowest BCUT2D eigenvalue weighted by Crippen LogP contribution is -2.41. The molecular formula is C20H22F3N3O7. The van der Waals surface area contributed by atoms with Crippen molar-refractivity contribution in [2.75, 3.05) is 6.54 Å². The van der Waals surface area contributed by atoms with E-state index in [4.69, 9.17) is 19.4 Å². The van der Waals surface area contributed by atoms with Crippen LogP contribution in [0.15, 0.2) is 23.0 Å². The minimum Gasteiger partial charge on any atom is -0.569 e. The Balaban J connectivity index is 1.75. The van der Waals surface area contributed by atoms with E-state index in [1.807, 2.05) is 0 Å². The van der Waals surface area contributed by atoms with Crippen molar-refractivity contribution < 1.29 is 47.1 Å². The van der Waals surface area contributed by atoms with Gasteiger partial charge in [-0.05, 0) is 44.4 Å². The fourth-order valence-corrected chi connectivity index (χ4v) is 3.69. The molecule has 1 aromatic carbocycles. The second-order valence-electron chi connectivity index (χ2n) is 7.71. The monoisotopic (exact) mass is 473 g/mol. The van der Waals surface area contributed by atoms with Crippen LogP contribution in [0.3, 0.4) is 0 Å². The Morgan fingerprint density at radius 2 is 2.06 bits per heavy atom. The maximum absolute atomic E-state index is 13.6. The number of carbonyl (C=O) groups is 2. The number of alkyl halides is 3. The van der Waals surface area contributed by atoms with E-state index in [1.54, 1.807) is 26.0 Å². The van der Waals surface area contributed by atoms with Gasteiger partial charge in [-0.1, -0.05) is 11.6 Å². The van der Waals surface area contributed by atoms with E-state index in [0.717, 1.165) is 23.6 Å². The van der Waals surface area contributed by atoms with E-state index >= 15 is 0 Å². The number of hydrazine groups is 1. The summed E-state index contributed by atoms with van der Waals surface area (Å²) < 4.78 is 50.8. The molecule has 2 aliphatic heterocycles. The molecule has 33 heavy (non-hydrogen) atoms. The van der Waals surface area contributed by atoms with Crippen LogP contribution < -0.4 is 4.74 Å². The van der Waals surface area contributed by atoms with Gasteiger partial charge in [-0.25, -0.2) is 9.59 Å².